The molecule has 1 aliphatic rings. The van der Waals surface area contributed by atoms with Gasteiger partial charge in [0.25, 0.3) is 0 Å². The molecule has 1 N–H and O–H groups in total. The van der Waals surface area contributed by atoms with Gasteiger partial charge in [-0.05, 0) is 49.1 Å². The van der Waals surface area contributed by atoms with Crippen LogP contribution in [0.3, 0.4) is 0 Å². The number of carbonyl (C=O) groups excluding carboxylic acids is 1. The number of nitrogens with zero attached hydrogens (tertiary/aromatic N) is 3. The summed E-state index contributed by atoms with van der Waals surface area (Å²) in [7, 11) is 0. The van der Waals surface area contributed by atoms with Gasteiger partial charge in [-0.15, -0.1) is 11.8 Å². The average Bonchev–Trinajstić information content (AvgIpc) is 2.64. The number of pyridine rings is 2. The van der Waals surface area contributed by atoms with E-state index < -0.39 is 0 Å². The summed E-state index contributed by atoms with van der Waals surface area (Å²) in [5.74, 6) is 2.14. The lowest BCUT2D eigenvalue weighted by Crippen LogP contribution is -2.31. The van der Waals surface area contributed by atoms with Gasteiger partial charge >= 0.3 is 0 Å². The number of carbonyl (C=O) groups is 1. The molecule has 1 aliphatic heterocycles. The highest BCUT2D eigenvalue weighted by Crippen LogP contribution is 2.26. The minimum absolute atomic E-state index is 0.0142. The van der Waals surface area contributed by atoms with Gasteiger partial charge in [0.2, 0.25) is 5.91 Å². The highest BCUT2D eigenvalue weighted by atomic mass is 32.2. The molecule has 0 unspecified atom stereocenters. The third-order valence-corrected chi connectivity index (χ3v) is 4.97. The molecule has 3 rings (SSSR count). The second-order valence-corrected chi connectivity index (χ2v) is 6.80. The highest BCUT2D eigenvalue weighted by Gasteiger charge is 2.16. The van der Waals surface area contributed by atoms with E-state index in [4.69, 9.17) is 0 Å². The second-order valence-electron chi connectivity index (χ2n) is 5.82. The van der Waals surface area contributed by atoms with Crippen molar-refractivity contribution in [1.82, 2.24) is 9.97 Å². The van der Waals surface area contributed by atoms with Gasteiger partial charge in [0, 0.05) is 37.4 Å². The van der Waals surface area contributed by atoms with Crippen LogP contribution in [0.15, 0.2) is 42.9 Å². The molecule has 0 bridgehead atoms. The fourth-order valence-corrected chi connectivity index (χ4v) is 3.57. The van der Waals surface area contributed by atoms with Crippen LogP contribution < -0.4 is 10.2 Å². The number of hydrogen-bond acceptors (Lipinski definition) is 5. The first-order valence-electron chi connectivity index (χ1n) is 8.29. The van der Waals surface area contributed by atoms with E-state index in [0.29, 0.717) is 5.75 Å². The molecule has 126 valence electrons. The van der Waals surface area contributed by atoms with Crippen LogP contribution >= 0.6 is 11.8 Å². The van der Waals surface area contributed by atoms with Crippen LogP contribution in [0.2, 0.25) is 0 Å². The Morgan fingerprint density at radius 1 is 1.12 bits per heavy atom. The molecule has 24 heavy (non-hydrogen) atoms. The molecule has 2 aromatic rings. The summed E-state index contributed by atoms with van der Waals surface area (Å²) in [5.41, 5.74) is 1.99. The van der Waals surface area contributed by atoms with Crippen LogP contribution in [-0.2, 0) is 10.5 Å². The van der Waals surface area contributed by atoms with E-state index in [-0.39, 0.29) is 5.91 Å². The van der Waals surface area contributed by atoms with Crippen molar-refractivity contribution < 1.29 is 4.79 Å². The van der Waals surface area contributed by atoms with Crippen LogP contribution in [-0.4, -0.2) is 34.7 Å². The number of nitrogens with one attached hydrogen (secondary N) is 1. The number of rotatable bonds is 6. The summed E-state index contributed by atoms with van der Waals surface area (Å²) in [4.78, 5) is 23.0. The average molecular weight is 342 g/mol. The Morgan fingerprint density at radius 2 is 1.92 bits per heavy atom. The Balaban J connectivity index is 1.54. The van der Waals surface area contributed by atoms with Crippen LogP contribution in [0.5, 0.6) is 0 Å². The van der Waals surface area contributed by atoms with Gasteiger partial charge in [-0.2, -0.15) is 0 Å². The molecule has 6 heteroatoms. The molecule has 3 heterocycles. The van der Waals surface area contributed by atoms with Crippen molar-refractivity contribution in [3.05, 3.63) is 48.4 Å². The van der Waals surface area contributed by atoms with E-state index in [9.17, 15) is 4.79 Å². The Bertz CT molecular complexity index is 659. The summed E-state index contributed by atoms with van der Waals surface area (Å²) in [6, 6.07) is 7.75. The van der Waals surface area contributed by atoms with Gasteiger partial charge in [-0.3, -0.25) is 9.78 Å². The lowest BCUT2D eigenvalue weighted by atomic mass is 10.1. The Labute approximate surface area is 146 Å². The van der Waals surface area contributed by atoms with Crippen LogP contribution in [0.25, 0.3) is 0 Å². The number of aromatic nitrogens is 2. The zero-order valence-corrected chi connectivity index (χ0v) is 14.5. The number of anilines is 2. The van der Waals surface area contributed by atoms with Crippen molar-refractivity contribution in [3.8, 4) is 0 Å². The monoisotopic (exact) mass is 342 g/mol. The Morgan fingerprint density at radius 3 is 2.71 bits per heavy atom. The molecule has 0 radical (unpaired) electrons. The molecular weight excluding hydrogens is 320 g/mol. The Hall–Kier alpha value is -2.08. The van der Waals surface area contributed by atoms with Gasteiger partial charge in [-0.1, -0.05) is 0 Å². The summed E-state index contributed by atoms with van der Waals surface area (Å²) in [6.07, 6.45) is 8.99. The molecule has 1 amide bonds. The fraction of sp³-hybridized carbons (Fsp3) is 0.389. The number of piperidine rings is 1. The molecule has 0 saturated carbocycles. The first-order valence-corrected chi connectivity index (χ1v) is 9.45. The lowest BCUT2D eigenvalue weighted by Gasteiger charge is -2.29. The van der Waals surface area contributed by atoms with Crippen molar-refractivity contribution >= 4 is 29.2 Å². The highest BCUT2D eigenvalue weighted by molar-refractivity contribution is 7.99. The maximum Gasteiger partial charge on any atom is 0.234 e. The van der Waals surface area contributed by atoms with Gasteiger partial charge in [-0.25, -0.2) is 4.98 Å². The van der Waals surface area contributed by atoms with Gasteiger partial charge < -0.3 is 10.2 Å². The first kappa shape index (κ1) is 16.8. The van der Waals surface area contributed by atoms with E-state index in [1.807, 2.05) is 24.3 Å². The predicted octanol–water partition coefficient (Wildman–Crippen LogP) is 3.34. The summed E-state index contributed by atoms with van der Waals surface area (Å²) >= 11 is 1.60. The zero-order chi connectivity index (χ0) is 16.6. The maximum atomic E-state index is 12.2. The SMILES string of the molecule is O=C(CSCc1ccncc1)Nc1cccnc1N1CCCCC1. The molecule has 0 atom stereocenters. The second kappa shape index (κ2) is 8.68. The van der Waals surface area contributed by atoms with E-state index in [1.54, 1.807) is 30.4 Å². The molecular formula is C18H22N4OS. The van der Waals surface area contributed by atoms with Gasteiger partial charge in [0.1, 0.15) is 0 Å². The van der Waals surface area contributed by atoms with Gasteiger partial charge in [0.15, 0.2) is 5.82 Å². The molecule has 0 spiro atoms. The predicted molar refractivity (Wildman–Crippen MR) is 99.3 cm³/mol. The van der Waals surface area contributed by atoms with Crippen molar-refractivity contribution in [3.63, 3.8) is 0 Å². The minimum atomic E-state index is 0.0142. The molecule has 0 aromatic carbocycles. The normalized spacial score (nSPS) is 14.4. The van der Waals surface area contributed by atoms with Crippen molar-refractivity contribution in [2.45, 2.75) is 25.0 Å². The third kappa shape index (κ3) is 4.71. The summed E-state index contributed by atoms with van der Waals surface area (Å²) < 4.78 is 0. The van der Waals surface area contributed by atoms with E-state index >= 15 is 0 Å². The summed E-state index contributed by atoms with van der Waals surface area (Å²) in [6.45, 7) is 2.02. The van der Waals surface area contributed by atoms with Crippen molar-refractivity contribution in [2.75, 3.05) is 29.1 Å². The smallest absolute Gasteiger partial charge is 0.234 e. The van der Waals surface area contributed by atoms with E-state index in [0.717, 1.165) is 30.3 Å². The fourth-order valence-electron chi connectivity index (χ4n) is 2.78. The lowest BCUT2D eigenvalue weighted by molar-refractivity contribution is -0.113. The quantitative estimate of drug-likeness (QED) is 0.872. The maximum absolute atomic E-state index is 12.2. The minimum Gasteiger partial charge on any atom is -0.355 e. The molecule has 5 nitrogen and oxygen atoms in total. The first-order chi connectivity index (χ1) is 11.8. The van der Waals surface area contributed by atoms with Crippen LogP contribution in [0, 0.1) is 0 Å². The largest absolute Gasteiger partial charge is 0.355 e. The van der Waals surface area contributed by atoms with Crippen LogP contribution in [0.1, 0.15) is 24.8 Å². The topological polar surface area (TPSA) is 58.1 Å². The van der Waals surface area contributed by atoms with Crippen LogP contribution in [0.4, 0.5) is 11.5 Å². The molecule has 0 aliphatic carbocycles. The Kier molecular flexibility index (Phi) is 6.07. The summed E-state index contributed by atoms with van der Waals surface area (Å²) in [5, 5.41) is 3.02. The molecule has 1 fully saturated rings. The number of amides is 1. The van der Waals surface area contributed by atoms with Crippen molar-refractivity contribution in [2.24, 2.45) is 0 Å². The number of hydrogen-bond donors (Lipinski definition) is 1. The van der Waals surface area contributed by atoms with Gasteiger partial charge in [0.05, 0.1) is 11.4 Å². The van der Waals surface area contributed by atoms with Crippen molar-refractivity contribution in [1.29, 1.82) is 0 Å². The third-order valence-electron chi connectivity index (χ3n) is 3.97. The number of thioether (sulfide) groups is 1. The van der Waals surface area contributed by atoms with E-state index in [1.165, 1.54) is 24.8 Å². The molecule has 2 aromatic heterocycles. The van der Waals surface area contributed by atoms with E-state index in [2.05, 4.69) is 20.2 Å². The molecule has 1 saturated heterocycles. The zero-order valence-electron chi connectivity index (χ0n) is 13.6. The standard InChI is InChI=1S/C18H22N4OS/c23-17(14-24-13-15-6-9-19-10-7-15)21-16-5-4-8-20-18(16)22-11-2-1-3-12-22/h4-10H,1-3,11-14H2,(H,21,23).